The number of fused-ring (bicyclic) bond motifs is 3. The second-order valence-electron chi connectivity index (χ2n) is 3.36. The van der Waals surface area contributed by atoms with Gasteiger partial charge in [0.2, 0.25) is 4.96 Å². The highest BCUT2D eigenvalue weighted by Crippen LogP contribution is 2.26. The SMILES string of the molecule is CCc1ccc2sc3nc(O)nn3c2c1. The molecule has 15 heavy (non-hydrogen) atoms. The zero-order valence-corrected chi connectivity index (χ0v) is 8.95. The first-order chi connectivity index (χ1) is 7.28. The van der Waals surface area contributed by atoms with Gasteiger partial charge in [-0.05, 0) is 24.1 Å². The molecule has 4 nitrogen and oxygen atoms in total. The molecular weight excluding hydrogens is 210 g/mol. The zero-order valence-electron chi connectivity index (χ0n) is 8.14. The number of nitrogens with zero attached hydrogens (tertiary/aromatic N) is 3. The number of aromatic hydroxyl groups is 1. The van der Waals surface area contributed by atoms with Crippen molar-refractivity contribution in [3.63, 3.8) is 0 Å². The van der Waals surface area contributed by atoms with Crippen LogP contribution in [0.4, 0.5) is 0 Å². The summed E-state index contributed by atoms with van der Waals surface area (Å²) in [7, 11) is 0. The van der Waals surface area contributed by atoms with Gasteiger partial charge in [-0.15, -0.1) is 5.10 Å². The molecule has 0 aliphatic heterocycles. The molecular formula is C10H9N3OS. The van der Waals surface area contributed by atoms with Gasteiger partial charge >= 0.3 is 6.01 Å². The maximum Gasteiger partial charge on any atom is 0.334 e. The van der Waals surface area contributed by atoms with Crippen LogP contribution < -0.4 is 0 Å². The van der Waals surface area contributed by atoms with E-state index in [9.17, 15) is 5.11 Å². The lowest BCUT2D eigenvalue weighted by Gasteiger charge is -1.95. The van der Waals surface area contributed by atoms with E-state index in [0.717, 1.165) is 21.6 Å². The zero-order chi connectivity index (χ0) is 10.4. The minimum absolute atomic E-state index is 0.162. The lowest BCUT2D eigenvalue weighted by molar-refractivity contribution is 0.432. The van der Waals surface area contributed by atoms with Gasteiger partial charge in [0.05, 0.1) is 10.2 Å². The molecule has 0 spiro atoms. The molecule has 0 saturated carbocycles. The van der Waals surface area contributed by atoms with E-state index in [1.165, 1.54) is 16.9 Å². The van der Waals surface area contributed by atoms with Crippen molar-refractivity contribution in [2.75, 3.05) is 0 Å². The third-order valence-electron chi connectivity index (χ3n) is 2.43. The van der Waals surface area contributed by atoms with Gasteiger partial charge in [-0.25, -0.2) is 0 Å². The summed E-state index contributed by atoms with van der Waals surface area (Å²) in [5.41, 5.74) is 2.28. The van der Waals surface area contributed by atoms with Crippen LogP contribution in [0.3, 0.4) is 0 Å². The number of rotatable bonds is 1. The molecule has 1 N–H and O–H groups in total. The minimum Gasteiger partial charge on any atom is -0.478 e. The molecule has 0 aliphatic carbocycles. The summed E-state index contributed by atoms with van der Waals surface area (Å²) in [6, 6.07) is 6.11. The van der Waals surface area contributed by atoms with Crippen molar-refractivity contribution in [2.24, 2.45) is 0 Å². The third-order valence-corrected chi connectivity index (χ3v) is 3.44. The van der Waals surface area contributed by atoms with Crippen LogP contribution in [0.25, 0.3) is 15.2 Å². The Kier molecular flexibility index (Phi) is 1.70. The fourth-order valence-corrected chi connectivity index (χ4v) is 2.58. The molecule has 3 rings (SSSR count). The third kappa shape index (κ3) is 1.20. The first-order valence-electron chi connectivity index (χ1n) is 4.75. The van der Waals surface area contributed by atoms with Crippen LogP contribution in [0.2, 0.25) is 0 Å². The van der Waals surface area contributed by atoms with Crippen molar-refractivity contribution in [2.45, 2.75) is 13.3 Å². The highest BCUT2D eigenvalue weighted by Gasteiger charge is 2.09. The normalized spacial score (nSPS) is 11.5. The van der Waals surface area contributed by atoms with E-state index < -0.39 is 0 Å². The van der Waals surface area contributed by atoms with E-state index in [0.29, 0.717) is 0 Å². The van der Waals surface area contributed by atoms with Crippen LogP contribution >= 0.6 is 11.3 Å². The molecule has 2 aromatic heterocycles. The highest BCUT2D eigenvalue weighted by atomic mass is 32.1. The molecule has 2 heterocycles. The largest absolute Gasteiger partial charge is 0.478 e. The Hall–Kier alpha value is -1.62. The summed E-state index contributed by atoms with van der Waals surface area (Å²) in [6.45, 7) is 2.11. The lowest BCUT2D eigenvalue weighted by Crippen LogP contribution is -1.85. The van der Waals surface area contributed by atoms with Crippen LogP contribution in [0.1, 0.15) is 12.5 Å². The van der Waals surface area contributed by atoms with Gasteiger partial charge in [0.25, 0.3) is 0 Å². The van der Waals surface area contributed by atoms with Crippen molar-refractivity contribution in [1.29, 1.82) is 0 Å². The number of hydrogen-bond acceptors (Lipinski definition) is 4. The molecule has 5 heteroatoms. The van der Waals surface area contributed by atoms with Crippen molar-refractivity contribution < 1.29 is 5.11 Å². The van der Waals surface area contributed by atoms with Crippen LogP contribution in [0.5, 0.6) is 6.01 Å². The van der Waals surface area contributed by atoms with E-state index >= 15 is 0 Å². The molecule has 0 bridgehead atoms. The van der Waals surface area contributed by atoms with Gasteiger partial charge in [0.1, 0.15) is 0 Å². The predicted molar refractivity (Wildman–Crippen MR) is 59.4 cm³/mol. The Morgan fingerprint density at radius 2 is 2.33 bits per heavy atom. The second-order valence-corrected chi connectivity index (χ2v) is 4.37. The molecule has 0 amide bonds. The standard InChI is InChI=1S/C10H9N3OS/c1-2-6-3-4-8-7(5-6)13-10(15-8)11-9(14)12-13/h3-5H,2H2,1H3,(H,12,14). The molecule has 76 valence electrons. The Balaban J connectivity index is 2.43. The Morgan fingerprint density at radius 1 is 1.47 bits per heavy atom. The summed E-state index contributed by atoms with van der Waals surface area (Å²) < 4.78 is 2.83. The quantitative estimate of drug-likeness (QED) is 0.682. The monoisotopic (exact) mass is 219 g/mol. The summed E-state index contributed by atoms with van der Waals surface area (Å²) in [5, 5.41) is 13.1. The van der Waals surface area contributed by atoms with Gasteiger partial charge in [-0.2, -0.15) is 9.50 Å². The number of benzene rings is 1. The maximum absolute atomic E-state index is 9.19. The molecule has 0 atom stereocenters. The average molecular weight is 219 g/mol. The van der Waals surface area contributed by atoms with Gasteiger partial charge in [0, 0.05) is 0 Å². The Morgan fingerprint density at radius 3 is 3.13 bits per heavy atom. The van der Waals surface area contributed by atoms with Gasteiger partial charge in [-0.1, -0.05) is 24.3 Å². The van der Waals surface area contributed by atoms with Crippen LogP contribution in [-0.2, 0) is 6.42 Å². The second kappa shape index (κ2) is 2.93. The molecule has 1 aromatic carbocycles. The Bertz CT molecular complexity index is 640. The topological polar surface area (TPSA) is 50.4 Å². The smallest absolute Gasteiger partial charge is 0.334 e. The van der Waals surface area contributed by atoms with Crippen molar-refractivity contribution in [1.82, 2.24) is 14.6 Å². The van der Waals surface area contributed by atoms with E-state index in [4.69, 9.17) is 0 Å². The van der Waals surface area contributed by atoms with E-state index in [1.54, 1.807) is 4.52 Å². The van der Waals surface area contributed by atoms with E-state index in [1.807, 2.05) is 0 Å². The molecule has 0 saturated heterocycles. The first-order valence-corrected chi connectivity index (χ1v) is 5.57. The number of hydrogen-bond donors (Lipinski definition) is 1. The molecule has 3 aromatic rings. The number of aryl methyl sites for hydroxylation is 1. The summed E-state index contributed by atoms with van der Waals surface area (Å²) in [4.78, 5) is 4.66. The van der Waals surface area contributed by atoms with Crippen molar-refractivity contribution in [3.05, 3.63) is 23.8 Å². The summed E-state index contributed by atoms with van der Waals surface area (Å²) in [5.74, 6) is 0. The van der Waals surface area contributed by atoms with E-state index in [2.05, 4.69) is 35.2 Å². The maximum atomic E-state index is 9.19. The number of aromatic nitrogens is 3. The van der Waals surface area contributed by atoms with Crippen molar-refractivity contribution in [3.8, 4) is 6.01 Å². The molecule has 0 fully saturated rings. The lowest BCUT2D eigenvalue weighted by atomic mass is 10.2. The highest BCUT2D eigenvalue weighted by molar-refractivity contribution is 7.23. The van der Waals surface area contributed by atoms with Gasteiger partial charge in [0.15, 0.2) is 0 Å². The van der Waals surface area contributed by atoms with Crippen LogP contribution in [0, 0.1) is 0 Å². The molecule has 0 radical (unpaired) electrons. The average Bonchev–Trinajstić information content (AvgIpc) is 2.73. The minimum atomic E-state index is -0.162. The van der Waals surface area contributed by atoms with E-state index in [-0.39, 0.29) is 6.01 Å². The van der Waals surface area contributed by atoms with Gasteiger partial charge < -0.3 is 5.11 Å². The summed E-state index contributed by atoms with van der Waals surface area (Å²) in [6.07, 6.45) is 0.994. The molecule has 0 unspecified atom stereocenters. The van der Waals surface area contributed by atoms with Crippen molar-refractivity contribution >= 4 is 26.5 Å². The predicted octanol–water partition coefficient (Wildman–Crippen LogP) is 2.21. The van der Waals surface area contributed by atoms with Crippen LogP contribution in [-0.4, -0.2) is 19.7 Å². The first kappa shape index (κ1) is 8.67. The Labute approximate surface area is 89.8 Å². The van der Waals surface area contributed by atoms with Crippen LogP contribution in [0.15, 0.2) is 18.2 Å². The number of thiazole rings is 1. The summed E-state index contributed by atoms with van der Waals surface area (Å²) >= 11 is 1.53. The fourth-order valence-electron chi connectivity index (χ4n) is 1.64. The molecule has 0 aliphatic rings. The van der Waals surface area contributed by atoms with Gasteiger partial charge in [-0.3, -0.25) is 0 Å². The fraction of sp³-hybridized carbons (Fsp3) is 0.200.